The molecule has 1 unspecified atom stereocenters. The number of aliphatic hydroxyl groups excluding tert-OH is 1. The van der Waals surface area contributed by atoms with Gasteiger partial charge in [-0.2, -0.15) is 0 Å². The first kappa shape index (κ1) is 15.8. The first-order valence-corrected chi connectivity index (χ1v) is 6.75. The number of carbonyl (C=O) groups is 2. The van der Waals surface area contributed by atoms with Crippen LogP contribution in [0.3, 0.4) is 0 Å². The monoisotopic (exact) mass is 272 g/mol. The molecule has 0 aromatic carbocycles. The minimum Gasteiger partial charge on any atom is -0.480 e. The van der Waals surface area contributed by atoms with Crippen LogP contribution in [0.4, 0.5) is 4.79 Å². The van der Waals surface area contributed by atoms with E-state index in [2.05, 4.69) is 19.2 Å². The number of nitrogens with one attached hydrogen (secondary N) is 1. The number of carboxylic acids is 1. The quantitative estimate of drug-likeness (QED) is 0.713. The average Bonchev–Trinajstić information content (AvgIpc) is 2.49. The second-order valence-corrected chi connectivity index (χ2v) is 5.86. The van der Waals surface area contributed by atoms with E-state index in [0.29, 0.717) is 13.1 Å². The van der Waals surface area contributed by atoms with Crippen LogP contribution in [0.5, 0.6) is 0 Å². The van der Waals surface area contributed by atoms with Gasteiger partial charge < -0.3 is 20.4 Å². The molecule has 1 aliphatic rings. The Kier molecular flexibility index (Phi) is 5.60. The second-order valence-electron chi connectivity index (χ2n) is 5.86. The highest BCUT2D eigenvalue weighted by Crippen LogP contribution is 2.29. The van der Waals surface area contributed by atoms with Crippen LogP contribution < -0.4 is 5.32 Å². The summed E-state index contributed by atoms with van der Waals surface area (Å²) in [5, 5.41) is 20.2. The molecule has 1 fully saturated rings. The molecule has 0 spiro atoms. The number of carbonyl (C=O) groups excluding carboxylic acids is 1. The van der Waals surface area contributed by atoms with Gasteiger partial charge in [-0.15, -0.1) is 0 Å². The van der Waals surface area contributed by atoms with Crippen molar-refractivity contribution in [3.63, 3.8) is 0 Å². The van der Waals surface area contributed by atoms with Crippen molar-refractivity contribution in [1.82, 2.24) is 10.2 Å². The van der Waals surface area contributed by atoms with Crippen LogP contribution in [0.15, 0.2) is 0 Å². The Hall–Kier alpha value is -1.30. The lowest BCUT2D eigenvalue weighted by Gasteiger charge is -2.25. The predicted molar refractivity (Wildman–Crippen MR) is 70.9 cm³/mol. The molecule has 1 saturated heterocycles. The maximum atomic E-state index is 12.0. The number of carboxylic acid groups (broad SMARTS) is 1. The summed E-state index contributed by atoms with van der Waals surface area (Å²) < 4.78 is 0. The summed E-state index contributed by atoms with van der Waals surface area (Å²) >= 11 is 0. The third kappa shape index (κ3) is 5.06. The van der Waals surface area contributed by atoms with Crippen LogP contribution in [0, 0.1) is 5.41 Å². The summed E-state index contributed by atoms with van der Waals surface area (Å²) in [5.41, 5.74) is 0.228. The lowest BCUT2D eigenvalue weighted by atomic mass is 9.85. The molecule has 0 radical (unpaired) electrons. The van der Waals surface area contributed by atoms with E-state index < -0.39 is 12.0 Å². The van der Waals surface area contributed by atoms with E-state index in [1.54, 1.807) is 4.90 Å². The van der Waals surface area contributed by atoms with Crippen molar-refractivity contribution in [2.24, 2.45) is 5.41 Å². The standard InChI is InChI=1S/C13H24N2O4/c1-13(2)5-3-7-15(8-6-13)12(19)14-10(4-9-16)11(17)18/h10,16H,3-9H2,1-2H3,(H,14,19)(H,17,18). The Bertz CT molecular complexity index is 331. The number of hydrogen-bond donors (Lipinski definition) is 3. The smallest absolute Gasteiger partial charge is 0.326 e. The van der Waals surface area contributed by atoms with E-state index in [1.807, 2.05) is 0 Å². The summed E-state index contributed by atoms with van der Waals surface area (Å²) in [6.07, 6.45) is 2.94. The molecular formula is C13H24N2O4. The molecule has 0 saturated carbocycles. The number of urea groups is 1. The van der Waals surface area contributed by atoms with Crippen LogP contribution in [0.2, 0.25) is 0 Å². The maximum absolute atomic E-state index is 12.0. The molecule has 110 valence electrons. The number of likely N-dealkylation sites (tertiary alicyclic amines) is 1. The van der Waals surface area contributed by atoms with E-state index in [-0.39, 0.29) is 24.5 Å². The Morgan fingerprint density at radius 3 is 2.58 bits per heavy atom. The molecule has 2 amide bonds. The number of nitrogens with zero attached hydrogens (tertiary/aromatic N) is 1. The fourth-order valence-electron chi connectivity index (χ4n) is 2.25. The molecule has 0 aromatic rings. The van der Waals surface area contributed by atoms with Crippen LogP contribution in [0.25, 0.3) is 0 Å². The minimum atomic E-state index is -1.11. The van der Waals surface area contributed by atoms with Crippen molar-refractivity contribution < 1.29 is 19.8 Å². The van der Waals surface area contributed by atoms with Gasteiger partial charge in [-0.1, -0.05) is 13.8 Å². The van der Waals surface area contributed by atoms with Gasteiger partial charge in [-0.25, -0.2) is 9.59 Å². The van der Waals surface area contributed by atoms with Crippen molar-refractivity contribution in [3.05, 3.63) is 0 Å². The zero-order valence-corrected chi connectivity index (χ0v) is 11.7. The number of rotatable bonds is 4. The Balaban J connectivity index is 2.54. The molecule has 1 rings (SSSR count). The largest absolute Gasteiger partial charge is 0.480 e. The van der Waals surface area contributed by atoms with Crippen molar-refractivity contribution in [1.29, 1.82) is 0 Å². The molecule has 19 heavy (non-hydrogen) atoms. The predicted octanol–water partition coefficient (Wildman–Crippen LogP) is 1.04. The molecule has 6 heteroatoms. The van der Waals surface area contributed by atoms with Gasteiger partial charge in [-0.05, 0) is 24.7 Å². The van der Waals surface area contributed by atoms with Gasteiger partial charge in [0.25, 0.3) is 0 Å². The van der Waals surface area contributed by atoms with Gasteiger partial charge >= 0.3 is 12.0 Å². The van der Waals surface area contributed by atoms with E-state index in [9.17, 15) is 9.59 Å². The zero-order valence-electron chi connectivity index (χ0n) is 11.7. The van der Waals surface area contributed by atoms with Gasteiger partial charge in [0.1, 0.15) is 6.04 Å². The summed E-state index contributed by atoms with van der Waals surface area (Å²) in [6.45, 7) is 5.40. The third-order valence-corrected chi connectivity index (χ3v) is 3.64. The van der Waals surface area contributed by atoms with Gasteiger partial charge in [0.2, 0.25) is 0 Å². The lowest BCUT2D eigenvalue weighted by molar-refractivity contribution is -0.139. The van der Waals surface area contributed by atoms with Crippen LogP contribution in [-0.2, 0) is 4.79 Å². The molecule has 3 N–H and O–H groups in total. The second kappa shape index (κ2) is 6.75. The van der Waals surface area contributed by atoms with E-state index in [1.165, 1.54) is 0 Å². The summed E-state index contributed by atoms with van der Waals surface area (Å²) in [5.74, 6) is -1.11. The normalized spacial score (nSPS) is 20.5. The third-order valence-electron chi connectivity index (χ3n) is 3.64. The molecule has 1 atom stereocenters. The van der Waals surface area contributed by atoms with Gasteiger partial charge in [0.15, 0.2) is 0 Å². The highest BCUT2D eigenvalue weighted by Gasteiger charge is 2.27. The number of aliphatic carboxylic acids is 1. The van der Waals surface area contributed by atoms with E-state index >= 15 is 0 Å². The molecule has 0 aromatic heterocycles. The maximum Gasteiger partial charge on any atom is 0.326 e. The fourth-order valence-corrected chi connectivity index (χ4v) is 2.25. The average molecular weight is 272 g/mol. The molecule has 0 bridgehead atoms. The summed E-state index contributed by atoms with van der Waals surface area (Å²) in [4.78, 5) is 24.6. The van der Waals surface area contributed by atoms with Crippen molar-refractivity contribution in [3.8, 4) is 0 Å². The van der Waals surface area contributed by atoms with Crippen molar-refractivity contribution in [2.45, 2.75) is 45.6 Å². The van der Waals surface area contributed by atoms with E-state index in [4.69, 9.17) is 10.2 Å². The highest BCUT2D eigenvalue weighted by atomic mass is 16.4. The first-order valence-electron chi connectivity index (χ1n) is 6.75. The van der Waals surface area contributed by atoms with Gasteiger partial charge in [0.05, 0.1) is 0 Å². The fraction of sp³-hybridized carbons (Fsp3) is 0.846. The zero-order chi connectivity index (χ0) is 14.5. The molecular weight excluding hydrogens is 248 g/mol. The van der Waals surface area contributed by atoms with Crippen LogP contribution in [-0.4, -0.2) is 52.9 Å². The molecule has 0 aliphatic carbocycles. The molecule has 1 aliphatic heterocycles. The van der Waals surface area contributed by atoms with Crippen molar-refractivity contribution >= 4 is 12.0 Å². The Labute approximate surface area is 113 Å². The summed E-state index contributed by atoms with van der Waals surface area (Å²) in [7, 11) is 0. The Morgan fingerprint density at radius 2 is 2.00 bits per heavy atom. The topological polar surface area (TPSA) is 89.9 Å². The minimum absolute atomic E-state index is 0.0282. The van der Waals surface area contributed by atoms with Crippen LogP contribution >= 0.6 is 0 Å². The first-order chi connectivity index (χ1) is 8.85. The van der Waals surface area contributed by atoms with Gasteiger partial charge in [0, 0.05) is 26.1 Å². The number of hydrogen-bond acceptors (Lipinski definition) is 3. The summed E-state index contributed by atoms with van der Waals surface area (Å²) in [6, 6.07) is -1.37. The molecule has 6 nitrogen and oxygen atoms in total. The number of aliphatic hydroxyl groups is 1. The van der Waals surface area contributed by atoms with Crippen LogP contribution in [0.1, 0.15) is 39.5 Å². The highest BCUT2D eigenvalue weighted by molar-refractivity contribution is 5.82. The number of amides is 2. The van der Waals surface area contributed by atoms with Gasteiger partial charge in [-0.3, -0.25) is 0 Å². The lowest BCUT2D eigenvalue weighted by Crippen LogP contribution is -2.48. The SMILES string of the molecule is CC1(C)CCCN(C(=O)NC(CCO)C(=O)O)CC1. The van der Waals surface area contributed by atoms with E-state index in [0.717, 1.165) is 19.3 Å². The molecule has 1 heterocycles. The Morgan fingerprint density at radius 1 is 1.32 bits per heavy atom. The van der Waals surface area contributed by atoms with Crippen molar-refractivity contribution in [2.75, 3.05) is 19.7 Å².